The van der Waals surface area contributed by atoms with E-state index in [1.54, 1.807) is 19.5 Å². The second-order valence-electron chi connectivity index (χ2n) is 13.1. The van der Waals surface area contributed by atoms with E-state index < -0.39 is 5.82 Å². The smallest absolute Gasteiger partial charge is 0.223 e. The first-order chi connectivity index (χ1) is 22.8. The Bertz CT molecular complexity index is 1880. The van der Waals surface area contributed by atoms with Gasteiger partial charge in [0.2, 0.25) is 11.6 Å². The van der Waals surface area contributed by atoms with Crippen molar-refractivity contribution in [1.82, 2.24) is 19.4 Å². The van der Waals surface area contributed by atoms with Gasteiger partial charge in [-0.2, -0.15) is 4.58 Å². The first-order valence-electron chi connectivity index (χ1n) is 16.7. The van der Waals surface area contributed by atoms with Gasteiger partial charge in [0.25, 0.3) is 0 Å². The van der Waals surface area contributed by atoms with Crippen LogP contribution in [0.1, 0.15) is 63.1 Å². The Kier molecular flexibility index (Phi) is 8.57. The summed E-state index contributed by atoms with van der Waals surface area (Å²) in [5.41, 5.74) is 9.48. The molecule has 2 unspecified atom stereocenters. The molecule has 3 aromatic heterocycles. The van der Waals surface area contributed by atoms with E-state index in [4.69, 9.17) is 15.2 Å². The molecule has 1 saturated heterocycles. The lowest BCUT2D eigenvalue weighted by Gasteiger charge is -2.38. The number of benzene rings is 1. The molecular weight excluding hydrogens is 597 g/mol. The van der Waals surface area contributed by atoms with Gasteiger partial charge in [0.1, 0.15) is 30.9 Å². The molecule has 7 rings (SSSR count). The minimum atomic E-state index is -0.397. The highest BCUT2D eigenvalue weighted by atomic mass is 19.1. The van der Waals surface area contributed by atoms with Gasteiger partial charge in [0, 0.05) is 62.2 Å². The van der Waals surface area contributed by atoms with Crippen LogP contribution in [0.2, 0.25) is 0 Å². The molecule has 1 fully saturated rings. The molecular formula is C36H43FN7O3+. The zero-order valence-corrected chi connectivity index (χ0v) is 27.4. The number of piperidine rings is 1. The van der Waals surface area contributed by atoms with Crippen LogP contribution in [-0.4, -0.2) is 69.1 Å². The maximum atomic E-state index is 16.1. The molecule has 0 spiro atoms. The minimum Gasteiger partial charge on any atom is -0.487 e. The van der Waals surface area contributed by atoms with Crippen LogP contribution in [-0.2, 0) is 13.1 Å². The van der Waals surface area contributed by atoms with Gasteiger partial charge in [-0.05, 0) is 63.3 Å². The van der Waals surface area contributed by atoms with E-state index in [2.05, 4.69) is 49.0 Å². The van der Waals surface area contributed by atoms with Crippen molar-refractivity contribution < 1.29 is 18.4 Å². The highest BCUT2D eigenvalue weighted by Crippen LogP contribution is 2.43. The summed E-state index contributed by atoms with van der Waals surface area (Å²) >= 11 is 0. The van der Waals surface area contributed by atoms with Gasteiger partial charge >= 0.3 is 0 Å². The number of nitrogens with zero attached hydrogens (tertiary/aromatic N) is 6. The summed E-state index contributed by atoms with van der Waals surface area (Å²) in [6, 6.07) is 9.34. The van der Waals surface area contributed by atoms with Crippen LogP contribution in [0.4, 0.5) is 21.6 Å². The number of aromatic nitrogens is 3. The number of hydrogen-bond donors (Lipinski definition) is 1. The third kappa shape index (κ3) is 6.04. The number of anilines is 2. The Morgan fingerprint density at radius 2 is 1.98 bits per heavy atom. The predicted octanol–water partition coefficient (Wildman–Crippen LogP) is 5.43. The van der Waals surface area contributed by atoms with Gasteiger partial charge < -0.3 is 24.7 Å². The molecule has 0 radical (unpaired) electrons. The van der Waals surface area contributed by atoms with Crippen molar-refractivity contribution >= 4 is 34.3 Å². The number of ether oxygens (including phenoxy) is 2. The summed E-state index contributed by atoms with van der Waals surface area (Å²) in [6.45, 7) is 7.20. The van der Waals surface area contributed by atoms with Crippen LogP contribution < -0.4 is 25.5 Å². The zero-order chi connectivity index (χ0) is 32.7. The molecule has 0 saturated carbocycles. The van der Waals surface area contributed by atoms with Crippen molar-refractivity contribution in [3.63, 3.8) is 0 Å². The average molecular weight is 641 g/mol. The lowest BCUT2D eigenvalue weighted by atomic mass is 10.00. The van der Waals surface area contributed by atoms with E-state index in [0.717, 1.165) is 56.4 Å². The van der Waals surface area contributed by atoms with E-state index in [1.165, 1.54) is 6.07 Å². The molecule has 3 aliphatic rings. The Morgan fingerprint density at radius 3 is 2.77 bits per heavy atom. The molecule has 47 heavy (non-hydrogen) atoms. The molecule has 6 heterocycles. The van der Waals surface area contributed by atoms with Gasteiger partial charge in [-0.1, -0.05) is 0 Å². The highest BCUT2D eigenvalue weighted by Gasteiger charge is 2.33. The monoisotopic (exact) mass is 640 g/mol. The molecule has 1 aromatic carbocycles. The standard InChI is InChI=1S/C36H43FN7O3/c1-23-7-4-5-14-43(23)34-30(37)16-29-33-36(34)47-22-24(2)44(33)20-26(35(29)45)19-42(18-25-11-12-39-32(15-25)46-3)28-8-6-13-41(21-28)27-9-10-31(38)40-17-27/h9-12,15-17,20-21,23-24,28H,4-8,13-14,18-19,22H2,1-3H3,(H2,38,40)/q+1/t23?,24?,28-/m0/s1. The normalized spacial score (nSPS) is 21.1. The molecule has 3 atom stereocenters. The molecule has 3 aliphatic heterocycles. The van der Waals surface area contributed by atoms with Crippen molar-refractivity contribution in [3.05, 3.63) is 76.1 Å². The number of hydrogen-bond acceptors (Lipinski definition) is 8. The molecule has 2 N–H and O–H groups in total. The Labute approximate surface area is 274 Å². The molecule has 0 bridgehead atoms. The highest BCUT2D eigenvalue weighted by molar-refractivity contribution is 5.92. The molecule has 246 valence electrons. The second-order valence-corrected chi connectivity index (χ2v) is 13.1. The number of nitrogens with two attached hydrogens (primary N) is 1. The van der Waals surface area contributed by atoms with E-state index >= 15 is 4.39 Å². The van der Waals surface area contributed by atoms with Crippen molar-refractivity contribution in [2.45, 2.75) is 77.2 Å². The lowest BCUT2D eigenvalue weighted by molar-refractivity contribution is -0.444. The summed E-state index contributed by atoms with van der Waals surface area (Å²) in [7, 11) is 1.61. The minimum absolute atomic E-state index is 0.0194. The first-order valence-corrected chi connectivity index (χ1v) is 16.7. The molecule has 11 heteroatoms. The van der Waals surface area contributed by atoms with Crippen molar-refractivity contribution in [1.29, 1.82) is 0 Å². The van der Waals surface area contributed by atoms with Crippen LogP contribution in [0.5, 0.6) is 11.6 Å². The summed E-state index contributed by atoms with van der Waals surface area (Å²) in [6.07, 6.45) is 12.8. The zero-order valence-electron chi connectivity index (χ0n) is 27.4. The fourth-order valence-electron chi connectivity index (χ4n) is 7.37. The Hall–Kier alpha value is -4.51. The maximum Gasteiger partial charge on any atom is 0.223 e. The average Bonchev–Trinajstić information content (AvgIpc) is 3.08. The third-order valence-corrected chi connectivity index (χ3v) is 9.90. The van der Waals surface area contributed by atoms with E-state index in [9.17, 15) is 4.79 Å². The van der Waals surface area contributed by atoms with Crippen molar-refractivity contribution in [2.75, 3.05) is 37.4 Å². The molecule has 0 amide bonds. The van der Waals surface area contributed by atoms with Crippen molar-refractivity contribution in [3.8, 4) is 11.6 Å². The van der Waals surface area contributed by atoms with E-state index in [-0.39, 0.29) is 23.6 Å². The third-order valence-electron chi connectivity index (χ3n) is 9.90. The van der Waals surface area contributed by atoms with E-state index in [1.807, 2.05) is 30.5 Å². The van der Waals surface area contributed by atoms with Crippen molar-refractivity contribution in [2.24, 2.45) is 0 Å². The number of nitrogen functional groups attached to an aromatic ring is 1. The van der Waals surface area contributed by atoms with Crippen LogP contribution >= 0.6 is 0 Å². The number of methoxy groups -OCH3 is 1. The molecule has 0 aliphatic carbocycles. The summed E-state index contributed by atoms with van der Waals surface area (Å²) in [5.74, 6) is 1.11. The summed E-state index contributed by atoms with van der Waals surface area (Å²) in [5, 5.41) is 0.364. The number of pyridine rings is 3. The quantitative estimate of drug-likeness (QED) is 0.255. The fourth-order valence-corrected chi connectivity index (χ4v) is 7.37. The number of rotatable bonds is 8. The van der Waals surface area contributed by atoms with Gasteiger partial charge in [0.15, 0.2) is 23.2 Å². The van der Waals surface area contributed by atoms with Gasteiger partial charge in [-0.3, -0.25) is 9.69 Å². The molecule has 10 nitrogen and oxygen atoms in total. The Balaban J connectivity index is 1.31. The largest absolute Gasteiger partial charge is 0.487 e. The fraction of sp³-hybridized carbons (Fsp3) is 0.444. The van der Waals surface area contributed by atoms with Crippen LogP contribution in [0.15, 0.2) is 53.7 Å². The van der Waals surface area contributed by atoms with E-state index in [0.29, 0.717) is 59.3 Å². The summed E-state index contributed by atoms with van der Waals surface area (Å²) < 4.78 is 32.1. The predicted molar refractivity (Wildman–Crippen MR) is 182 cm³/mol. The topological polar surface area (TPSA) is 102 Å². The number of halogens is 1. The Morgan fingerprint density at radius 1 is 1.11 bits per heavy atom. The lowest BCUT2D eigenvalue weighted by Crippen LogP contribution is -2.41. The van der Waals surface area contributed by atoms with Gasteiger partial charge in [-0.25, -0.2) is 14.4 Å². The van der Waals surface area contributed by atoms with Gasteiger partial charge in [-0.15, -0.1) is 0 Å². The van der Waals surface area contributed by atoms with Gasteiger partial charge in [0.05, 0.1) is 30.1 Å². The SMILES string of the molecule is COc1cc(CN(Cc2cn3c4c(c(N5CCCCC5C)c(F)cc4c2=O)OCC3C)[C@@H]2C=[N+](c3ccc(N)nc3)CCC2)ccn1. The molecule has 4 aromatic rings. The maximum absolute atomic E-state index is 16.1. The first kappa shape index (κ1) is 31.1. The van der Waals surface area contributed by atoms with Crippen LogP contribution in [0.3, 0.4) is 0 Å². The summed E-state index contributed by atoms with van der Waals surface area (Å²) in [4.78, 5) is 27.4. The second kappa shape index (κ2) is 12.9. The van der Waals surface area contributed by atoms with Crippen LogP contribution in [0.25, 0.3) is 10.9 Å². The van der Waals surface area contributed by atoms with Crippen LogP contribution in [0, 0.1) is 5.82 Å².